The van der Waals surface area contributed by atoms with Crippen LogP contribution in [0.5, 0.6) is 0 Å². The smallest absolute Gasteiger partial charge is 0.0589 e. The highest BCUT2D eigenvalue weighted by atomic mass is 16.5. The molecule has 0 aliphatic carbocycles. The van der Waals surface area contributed by atoms with Crippen LogP contribution in [0.25, 0.3) is 0 Å². The van der Waals surface area contributed by atoms with Crippen LogP contribution in [0.2, 0.25) is 0 Å². The summed E-state index contributed by atoms with van der Waals surface area (Å²) in [7, 11) is 1.78. The van der Waals surface area contributed by atoms with Gasteiger partial charge in [-0.1, -0.05) is 6.92 Å². The van der Waals surface area contributed by atoms with Crippen molar-refractivity contribution < 1.29 is 4.74 Å². The molecule has 0 amide bonds. The standard InChI is InChI=1S/C12H26N2O/c1-10(2)14(5-6-15-4)9-12-8-13-7-11(12)3/h10-13H,5-9H2,1-4H3. The van der Waals surface area contributed by atoms with Gasteiger partial charge in [0.05, 0.1) is 6.61 Å². The first-order valence-corrected chi connectivity index (χ1v) is 6.08. The Bertz CT molecular complexity index is 173. The molecular weight excluding hydrogens is 188 g/mol. The molecule has 0 saturated carbocycles. The van der Waals surface area contributed by atoms with E-state index in [0.717, 1.165) is 25.0 Å². The van der Waals surface area contributed by atoms with Crippen molar-refractivity contribution in [2.75, 3.05) is 39.9 Å². The summed E-state index contributed by atoms with van der Waals surface area (Å²) < 4.78 is 5.16. The van der Waals surface area contributed by atoms with Gasteiger partial charge in [0.2, 0.25) is 0 Å². The number of nitrogens with one attached hydrogen (secondary N) is 1. The number of nitrogens with zero attached hydrogens (tertiary/aromatic N) is 1. The number of rotatable bonds is 6. The maximum Gasteiger partial charge on any atom is 0.0589 e. The topological polar surface area (TPSA) is 24.5 Å². The quantitative estimate of drug-likeness (QED) is 0.719. The zero-order valence-corrected chi connectivity index (χ0v) is 10.6. The summed E-state index contributed by atoms with van der Waals surface area (Å²) in [5.41, 5.74) is 0. The first-order chi connectivity index (χ1) is 7.15. The summed E-state index contributed by atoms with van der Waals surface area (Å²) >= 11 is 0. The van der Waals surface area contributed by atoms with Gasteiger partial charge in [-0.25, -0.2) is 0 Å². The van der Waals surface area contributed by atoms with Crippen LogP contribution < -0.4 is 5.32 Å². The first kappa shape index (κ1) is 12.9. The van der Waals surface area contributed by atoms with Crippen molar-refractivity contribution in [1.29, 1.82) is 0 Å². The zero-order chi connectivity index (χ0) is 11.3. The fourth-order valence-electron chi connectivity index (χ4n) is 2.18. The van der Waals surface area contributed by atoms with E-state index in [4.69, 9.17) is 4.74 Å². The molecule has 1 aliphatic heterocycles. The predicted molar refractivity (Wildman–Crippen MR) is 64.1 cm³/mol. The number of hydrogen-bond acceptors (Lipinski definition) is 3. The third-order valence-electron chi connectivity index (χ3n) is 3.46. The summed E-state index contributed by atoms with van der Waals surface area (Å²) in [4.78, 5) is 2.53. The van der Waals surface area contributed by atoms with E-state index in [1.54, 1.807) is 7.11 Å². The van der Waals surface area contributed by atoms with Gasteiger partial charge in [-0.05, 0) is 38.8 Å². The van der Waals surface area contributed by atoms with Gasteiger partial charge < -0.3 is 10.1 Å². The van der Waals surface area contributed by atoms with Crippen molar-refractivity contribution >= 4 is 0 Å². The average Bonchev–Trinajstić information content (AvgIpc) is 2.58. The monoisotopic (exact) mass is 214 g/mol. The van der Waals surface area contributed by atoms with Gasteiger partial charge in [0, 0.05) is 26.2 Å². The number of methoxy groups -OCH3 is 1. The second-order valence-electron chi connectivity index (χ2n) is 4.98. The Kier molecular flexibility index (Phi) is 5.58. The lowest BCUT2D eigenvalue weighted by Crippen LogP contribution is -2.39. The minimum Gasteiger partial charge on any atom is -0.383 e. The van der Waals surface area contributed by atoms with Crippen LogP contribution >= 0.6 is 0 Å². The minimum atomic E-state index is 0.618. The molecule has 2 atom stereocenters. The largest absolute Gasteiger partial charge is 0.383 e. The van der Waals surface area contributed by atoms with Crippen LogP contribution in [0.15, 0.2) is 0 Å². The van der Waals surface area contributed by atoms with Crippen molar-refractivity contribution in [2.24, 2.45) is 11.8 Å². The molecule has 15 heavy (non-hydrogen) atoms. The Hall–Kier alpha value is -0.120. The van der Waals surface area contributed by atoms with E-state index in [-0.39, 0.29) is 0 Å². The molecule has 0 spiro atoms. The molecule has 1 fully saturated rings. The van der Waals surface area contributed by atoms with Crippen LogP contribution in [-0.2, 0) is 4.74 Å². The van der Waals surface area contributed by atoms with Gasteiger partial charge in [0.1, 0.15) is 0 Å². The molecule has 3 heteroatoms. The molecule has 1 aliphatic rings. The van der Waals surface area contributed by atoms with E-state index in [1.807, 2.05) is 0 Å². The van der Waals surface area contributed by atoms with Crippen molar-refractivity contribution in [3.05, 3.63) is 0 Å². The van der Waals surface area contributed by atoms with Gasteiger partial charge in [-0.3, -0.25) is 4.90 Å². The third-order valence-corrected chi connectivity index (χ3v) is 3.46. The summed E-state index contributed by atoms with van der Waals surface area (Å²) in [6, 6.07) is 0.618. The average molecular weight is 214 g/mol. The highest BCUT2D eigenvalue weighted by molar-refractivity contribution is 4.81. The fourth-order valence-corrected chi connectivity index (χ4v) is 2.18. The van der Waals surface area contributed by atoms with E-state index in [9.17, 15) is 0 Å². The van der Waals surface area contributed by atoms with E-state index in [1.165, 1.54) is 19.6 Å². The Morgan fingerprint density at radius 3 is 2.60 bits per heavy atom. The lowest BCUT2D eigenvalue weighted by atomic mass is 9.97. The van der Waals surface area contributed by atoms with Crippen LogP contribution in [0.3, 0.4) is 0 Å². The van der Waals surface area contributed by atoms with Gasteiger partial charge >= 0.3 is 0 Å². The van der Waals surface area contributed by atoms with Gasteiger partial charge in [0.15, 0.2) is 0 Å². The van der Waals surface area contributed by atoms with Crippen molar-refractivity contribution in [2.45, 2.75) is 26.8 Å². The molecule has 0 aromatic carbocycles. The molecule has 90 valence electrons. The summed E-state index contributed by atoms with van der Waals surface area (Å²) in [6.07, 6.45) is 0. The lowest BCUT2D eigenvalue weighted by Gasteiger charge is -2.30. The Morgan fingerprint density at radius 1 is 1.40 bits per heavy atom. The van der Waals surface area contributed by atoms with Crippen molar-refractivity contribution in [3.8, 4) is 0 Å². The van der Waals surface area contributed by atoms with Gasteiger partial charge in [-0.2, -0.15) is 0 Å². The van der Waals surface area contributed by atoms with Crippen molar-refractivity contribution in [1.82, 2.24) is 10.2 Å². The lowest BCUT2D eigenvalue weighted by molar-refractivity contribution is 0.113. The minimum absolute atomic E-state index is 0.618. The highest BCUT2D eigenvalue weighted by Crippen LogP contribution is 2.18. The molecule has 0 radical (unpaired) electrons. The SMILES string of the molecule is COCCN(CC1CNCC1C)C(C)C. The fraction of sp³-hybridized carbons (Fsp3) is 1.00. The molecule has 2 unspecified atom stereocenters. The molecule has 0 aromatic heterocycles. The molecular formula is C12H26N2O. The Labute approximate surface area is 94.2 Å². The Balaban J connectivity index is 2.35. The molecule has 1 saturated heterocycles. The van der Waals surface area contributed by atoms with Crippen LogP contribution in [0.4, 0.5) is 0 Å². The molecule has 1 heterocycles. The summed E-state index contributed by atoms with van der Waals surface area (Å²) in [6.45, 7) is 12.3. The van der Waals surface area contributed by atoms with Crippen LogP contribution in [0.1, 0.15) is 20.8 Å². The second kappa shape index (κ2) is 6.46. The molecule has 0 bridgehead atoms. The van der Waals surface area contributed by atoms with Crippen molar-refractivity contribution in [3.63, 3.8) is 0 Å². The molecule has 1 N–H and O–H groups in total. The molecule has 0 aromatic rings. The van der Waals surface area contributed by atoms with E-state index in [2.05, 4.69) is 31.0 Å². The maximum atomic E-state index is 5.16. The summed E-state index contributed by atoms with van der Waals surface area (Å²) in [5, 5.41) is 3.46. The second-order valence-corrected chi connectivity index (χ2v) is 4.98. The Morgan fingerprint density at radius 2 is 2.13 bits per heavy atom. The molecule has 3 nitrogen and oxygen atoms in total. The summed E-state index contributed by atoms with van der Waals surface area (Å²) in [5.74, 6) is 1.62. The van der Waals surface area contributed by atoms with E-state index >= 15 is 0 Å². The van der Waals surface area contributed by atoms with Gasteiger partial charge in [-0.15, -0.1) is 0 Å². The molecule has 1 rings (SSSR count). The number of hydrogen-bond donors (Lipinski definition) is 1. The van der Waals surface area contributed by atoms with Crippen LogP contribution in [0, 0.1) is 11.8 Å². The highest BCUT2D eigenvalue weighted by Gasteiger charge is 2.25. The maximum absolute atomic E-state index is 5.16. The first-order valence-electron chi connectivity index (χ1n) is 6.08. The van der Waals surface area contributed by atoms with E-state index < -0.39 is 0 Å². The number of ether oxygens (including phenoxy) is 1. The van der Waals surface area contributed by atoms with Gasteiger partial charge in [0.25, 0.3) is 0 Å². The van der Waals surface area contributed by atoms with Crippen LogP contribution in [-0.4, -0.2) is 50.8 Å². The third kappa shape index (κ3) is 4.09. The van der Waals surface area contributed by atoms with E-state index in [0.29, 0.717) is 6.04 Å². The normalized spacial score (nSPS) is 26.8. The predicted octanol–water partition coefficient (Wildman–Crippen LogP) is 1.20. The zero-order valence-electron chi connectivity index (χ0n) is 10.6.